The van der Waals surface area contributed by atoms with Crippen LogP contribution in [0.4, 0.5) is 11.4 Å². The number of Topliss-reactive ketones (excluding diaryl/α,β-unsaturated/α-hetero) is 1. The van der Waals surface area contributed by atoms with Crippen LogP contribution in [-0.4, -0.2) is 45.2 Å². The molecule has 11 heteroatoms. The molecule has 2 aromatic rings. The molecule has 0 aliphatic carbocycles. The van der Waals surface area contributed by atoms with Gasteiger partial charge in [-0.1, -0.05) is 17.7 Å². The summed E-state index contributed by atoms with van der Waals surface area (Å²) in [5.41, 5.74) is 0.282. The number of methoxy groups -OCH3 is 2. The topological polar surface area (TPSA) is 99.0 Å². The molecule has 1 unspecified atom stereocenters. The zero-order valence-electron chi connectivity index (χ0n) is 18.9. The highest BCUT2D eigenvalue weighted by Crippen LogP contribution is 2.43. The number of carbonyl (C=O) groups excluding carboxylic acids is 2. The number of anilines is 1. The average Bonchev–Trinajstić information content (AvgIpc) is 2.79. The van der Waals surface area contributed by atoms with Gasteiger partial charge in [-0.25, -0.2) is 4.42 Å². The molecule has 0 N–H and O–H groups in total. The Morgan fingerprint density at radius 2 is 1.61 bits per heavy atom. The first-order chi connectivity index (χ1) is 15.8. The third kappa shape index (κ3) is 6.06. The van der Waals surface area contributed by atoms with Crippen molar-refractivity contribution in [2.45, 2.75) is 26.8 Å². The van der Waals surface area contributed by atoms with Gasteiger partial charge in [-0.2, -0.15) is 5.11 Å². The number of nitrogens with zero attached hydrogens (tertiary/aromatic N) is 3. The third-order valence-electron chi connectivity index (χ3n) is 4.31. The van der Waals surface area contributed by atoms with Crippen LogP contribution in [-0.2, 0) is 9.59 Å². The van der Waals surface area contributed by atoms with Crippen molar-refractivity contribution in [3.63, 3.8) is 0 Å². The Balaban J connectivity index is 2.50. The minimum atomic E-state index is -1.56. The molecule has 0 bridgehead atoms. The summed E-state index contributed by atoms with van der Waals surface area (Å²) in [6.45, 7) is 5.43. The Bertz CT molecular complexity index is 1010. The van der Waals surface area contributed by atoms with Crippen molar-refractivity contribution < 1.29 is 28.5 Å². The number of halogens is 2. The lowest BCUT2D eigenvalue weighted by molar-refractivity contribution is -0.126. The van der Waals surface area contributed by atoms with E-state index < -0.39 is 17.7 Å². The van der Waals surface area contributed by atoms with E-state index in [1.165, 1.54) is 21.1 Å². The van der Waals surface area contributed by atoms with Crippen LogP contribution in [0.25, 0.3) is 0 Å². The summed E-state index contributed by atoms with van der Waals surface area (Å²) >= 11 is 12.6. The van der Waals surface area contributed by atoms with Gasteiger partial charge in [-0.3, -0.25) is 9.59 Å². The largest absolute Gasteiger partial charge is 0.494 e. The molecule has 178 valence electrons. The Morgan fingerprint density at radius 3 is 2.09 bits per heavy atom. The molecule has 1 amide bonds. The number of ketones is 1. The Hall–Kier alpha value is -3.04. The summed E-state index contributed by atoms with van der Waals surface area (Å²) in [5, 5.41) is 8.25. The maximum atomic E-state index is 13.2. The molecule has 0 saturated heterocycles. The molecule has 0 aromatic heterocycles. The van der Waals surface area contributed by atoms with Crippen molar-refractivity contribution in [1.82, 2.24) is 0 Å². The number of amides is 1. The van der Waals surface area contributed by atoms with E-state index >= 15 is 0 Å². The lowest BCUT2D eigenvalue weighted by Crippen LogP contribution is -2.36. The number of hydrogen-bond acceptors (Lipinski definition) is 8. The lowest BCUT2D eigenvalue weighted by Gasteiger charge is -2.22. The molecule has 0 radical (unpaired) electrons. The normalized spacial score (nSPS) is 11.7. The van der Waals surface area contributed by atoms with Gasteiger partial charge in [0, 0.05) is 11.8 Å². The van der Waals surface area contributed by atoms with E-state index in [-0.39, 0.29) is 27.9 Å². The fourth-order valence-electron chi connectivity index (χ4n) is 2.86. The van der Waals surface area contributed by atoms with Crippen molar-refractivity contribution in [1.29, 1.82) is 0 Å². The van der Waals surface area contributed by atoms with Crippen LogP contribution < -0.4 is 23.4 Å². The van der Waals surface area contributed by atoms with Gasteiger partial charge in [0.15, 0.2) is 17.2 Å². The van der Waals surface area contributed by atoms with Gasteiger partial charge in [0.25, 0.3) is 5.91 Å². The molecule has 0 fully saturated rings. The molecule has 0 heterocycles. The fraction of sp³-hybridized carbons (Fsp3) is 0.364. The summed E-state index contributed by atoms with van der Waals surface area (Å²) in [6.07, 6.45) is 0. The second-order valence-electron chi connectivity index (χ2n) is 6.45. The summed E-state index contributed by atoms with van der Waals surface area (Å²) in [6, 6.07) is 6.54. The van der Waals surface area contributed by atoms with E-state index in [0.717, 1.165) is 4.42 Å². The molecular formula is C22H25Cl2N3O6. The molecule has 33 heavy (non-hydrogen) atoms. The van der Waals surface area contributed by atoms with Crippen LogP contribution in [0.5, 0.6) is 23.0 Å². The molecule has 0 saturated carbocycles. The van der Waals surface area contributed by atoms with Crippen LogP contribution in [0.3, 0.4) is 0 Å². The van der Waals surface area contributed by atoms with Gasteiger partial charge in [0.2, 0.25) is 6.04 Å². The number of carbonyl (C=O) groups is 2. The summed E-state index contributed by atoms with van der Waals surface area (Å²) in [4.78, 5) is 25.5. The highest BCUT2D eigenvalue weighted by Gasteiger charge is 2.32. The highest BCUT2D eigenvalue weighted by molar-refractivity contribution is 6.40. The van der Waals surface area contributed by atoms with Crippen LogP contribution in [0, 0.1) is 0 Å². The van der Waals surface area contributed by atoms with E-state index in [1.807, 2.05) is 0 Å². The predicted molar refractivity (Wildman–Crippen MR) is 126 cm³/mol. The van der Waals surface area contributed by atoms with Gasteiger partial charge in [-0.05, 0) is 45.0 Å². The number of azo groups is 1. The standard InChI is InChI=1S/C22H25Cl2N3O6/c1-6-32-16-9-8-10-17(33-7-2)20(16)27(24)22(29)18(13(3)28)25-26-19-15(30-4)12-11-14(23)21(19)31-5/h8-12,18H,6-7H2,1-5H3. The highest BCUT2D eigenvalue weighted by atomic mass is 35.5. The second kappa shape index (κ2) is 12.3. The Labute approximate surface area is 202 Å². The lowest BCUT2D eigenvalue weighted by atomic mass is 10.2. The average molecular weight is 498 g/mol. The smallest absolute Gasteiger partial charge is 0.276 e. The number of benzene rings is 2. The van der Waals surface area contributed by atoms with Crippen LogP contribution in [0.15, 0.2) is 40.6 Å². The van der Waals surface area contributed by atoms with Gasteiger partial charge in [0.05, 0.1) is 32.5 Å². The van der Waals surface area contributed by atoms with Crippen molar-refractivity contribution in [2.75, 3.05) is 31.9 Å². The van der Waals surface area contributed by atoms with Crippen LogP contribution in [0.2, 0.25) is 5.02 Å². The maximum Gasteiger partial charge on any atom is 0.276 e. The van der Waals surface area contributed by atoms with Gasteiger partial charge in [-0.15, -0.1) is 5.11 Å². The SMILES string of the molecule is CCOc1cccc(OCC)c1N(Cl)C(=O)C(N=Nc1c(OC)ccc(Cl)c1OC)C(C)=O. The van der Waals surface area contributed by atoms with E-state index in [2.05, 4.69) is 10.2 Å². The van der Waals surface area contributed by atoms with Crippen molar-refractivity contribution >= 4 is 46.4 Å². The molecule has 1 atom stereocenters. The first kappa shape index (κ1) is 26.2. The fourth-order valence-corrected chi connectivity index (χ4v) is 3.35. The van der Waals surface area contributed by atoms with Crippen LogP contribution in [0.1, 0.15) is 20.8 Å². The number of para-hydroxylation sites is 1. The first-order valence-corrected chi connectivity index (χ1v) is 10.7. The molecule has 2 aromatic carbocycles. The molecule has 0 spiro atoms. The molecule has 0 aliphatic rings. The molecule has 2 rings (SSSR count). The van der Waals surface area contributed by atoms with E-state index in [1.54, 1.807) is 44.2 Å². The summed E-state index contributed by atoms with van der Waals surface area (Å²) in [5.74, 6) is -0.342. The zero-order valence-corrected chi connectivity index (χ0v) is 20.4. The summed E-state index contributed by atoms with van der Waals surface area (Å²) < 4.78 is 22.5. The summed E-state index contributed by atoms with van der Waals surface area (Å²) in [7, 11) is 2.82. The van der Waals surface area contributed by atoms with E-state index in [0.29, 0.717) is 24.7 Å². The molecular weight excluding hydrogens is 473 g/mol. The minimum Gasteiger partial charge on any atom is -0.494 e. The number of rotatable bonds is 11. The molecule has 0 aliphatic heterocycles. The monoisotopic (exact) mass is 497 g/mol. The predicted octanol–water partition coefficient (Wildman–Crippen LogP) is 5.38. The number of hydrogen-bond donors (Lipinski definition) is 0. The third-order valence-corrected chi connectivity index (χ3v) is 4.95. The first-order valence-electron chi connectivity index (χ1n) is 10.0. The number of ether oxygens (including phenoxy) is 4. The maximum absolute atomic E-state index is 13.2. The Morgan fingerprint density at radius 1 is 1.00 bits per heavy atom. The zero-order chi connectivity index (χ0) is 24.5. The van der Waals surface area contributed by atoms with E-state index in [4.69, 9.17) is 42.3 Å². The van der Waals surface area contributed by atoms with Crippen LogP contribution >= 0.6 is 23.4 Å². The quantitative estimate of drug-likeness (QED) is 0.234. The Kier molecular flexibility index (Phi) is 9.74. The second-order valence-corrected chi connectivity index (χ2v) is 7.19. The van der Waals surface area contributed by atoms with Crippen molar-refractivity contribution in [3.8, 4) is 23.0 Å². The van der Waals surface area contributed by atoms with Gasteiger partial charge >= 0.3 is 0 Å². The van der Waals surface area contributed by atoms with Crippen molar-refractivity contribution in [3.05, 3.63) is 35.4 Å². The van der Waals surface area contributed by atoms with Crippen molar-refractivity contribution in [2.24, 2.45) is 10.2 Å². The van der Waals surface area contributed by atoms with Gasteiger partial charge in [0.1, 0.15) is 22.9 Å². The van der Waals surface area contributed by atoms with E-state index in [9.17, 15) is 9.59 Å². The van der Waals surface area contributed by atoms with Gasteiger partial charge < -0.3 is 18.9 Å². The minimum absolute atomic E-state index is 0.123. The molecule has 9 nitrogen and oxygen atoms in total.